The molecule has 2 nitrogen and oxygen atoms in total. The first kappa shape index (κ1) is 13.7. The zero-order valence-corrected chi connectivity index (χ0v) is 9.52. The first-order valence-electron chi connectivity index (χ1n) is 4.57. The van der Waals surface area contributed by atoms with E-state index in [4.69, 9.17) is 11.6 Å². The van der Waals surface area contributed by atoms with Crippen molar-refractivity contribution < 1.29 is 22.8 Å². The number of rotatable bonds is 3. The molecular weight excluding hydrogens is 257 g/mol. The molecule has 0 saturated carbocycles. The van der Waals surface area contributed by atoms with E-state index in [2.05, 4.69) is 0 Å². The third-order valence-electron chi connectivity index (χ3n) is 2.32. The number of carbonyl (C=O) groups is 2. The molecule has 0 amide bonds. The molecule has 1 rings (SSSR count). The molecule has 0 atom stereocenters. The molecule has 0 aliphatic heterocycles. The van der Waals surface area contributed by atoms with Gasteiger partial charge in [-0.2, -0.15) is 13.2 Å². The Hall–Kier alpha value is -1.36. The van der Waals surface area contributed by atoms with Crippen molar-refractivity contribution in [1.29, 1.82) is 0 Å². The fourth-order valence-corrected chi connectivity index (χ4v) is 1.53. The van der Waals surface area contributed by atoms with E-state index in [0.29, 0.717) is 12.1 Å². The maximum Gasteiger partial charge on any atom is 0.416 e. The van der Waals surface area contributed by atoms with Crippen LogP contribution in [0.4, 0.5) is 13.2 Å². The van der Waals surface area contributed by atoms with Gasteiger partial charge in [0.2, 0.25) is 0 Å². The molecular formula is C11H8ClF3O2. The maximum atomic E-state index is 12.5. The van der Waals surface area contributed by atoms with Gasteiger partial charge in [0, 0.05) is 11.1 Å². The summed E-state index contributed by atoms with van der Waals surface area (Å²) < 4.78 is 37.6. The second-order valence-corrected chi connectivity index (χ2v) is 3.68. The van der Waals surface area contributed by atoms with Crippen LogP contribution in [0.3, 0.4) is 0 Å². The number of halogens is 4. The van der Waals surface area contributed by atoms with Gasteiger partial charge in [0.1, 0.15) is 6.29 Å². The summed E-state index contributed by atoms with van der Waals surface area (Å²) in [6, 6.07) is 1.43. The Bertz CT molecular complexity index is 467. The Morgan fingerprint density at radius 1 is 1.41 bits per heavy atom. The highest BCUT2D eigenvalue weighted by Crippen LogP contribution is 2.32. The first-order valence-corrected chi connectivity index (χ1v) is 5.11. The van der Waals surface area contributed by atoms with Gasteiger partial charge in [-0.15, -0.1) is 11.6 Å². The van der Waals surface area contributed by atoms with Crippen LogP contribution in [0.5, 0.6) is 0 Å². The van der Waals surface area contributed by atoms with Crippen molar-refractivity contribution in [2.75, 3.05) is 5.88 Å². The summed E-state index contributed by atoms with van der Waals surface area (Å²) >= 11 is 5.30. The summed E-state index contributed by atoms with van der Waals surface area (Å²) in [5.41, 5.74) is -1.15. The minimum atomic E-state index is -4.60. The van der Waals surface area contributed by atoms with Crippen LogP contribution in [-0.4, -0.2) is 17.9 Å². The van der Waals surface area contributed by atoms with E-state index in [1.165, 1.54) is 6.92 Å². The Morgan fingerprint density at radius 3 is 2.41 bits per heavy atom. The molecule has 0 aliphatic rings. The normalized spacial score (nSPS) is 11.4. The molecule has 92 valence electrons. The summed E-state index contributed by atoms with van der Waals surface area (Å²) in [7, 11) is 0. The number of ketones is 1. The Labute approximate surface area is 100 Å². The highest BCUT2D eigenvalue weighted by Gasteiger charge is 2.32. The second-order valence-electron chi connectivity index (χ2n) is 3.41. The van der Waals surface area contributed by atoms with Crippen molar-refractivity contribution in [2.45, 2.75) is 13.1 Å². The number of hydrogen-bond donors (Lipinski definition) is 0. The van der Waals surface area contributed by atoms with Crippen LogP contribution in [0.15, 0.2) is 12.1 Å². The minimum absolute atomic E-state index is 0.159. The average molecular weight is 265 g/mol. The van der Waals surface area contributed by atoms with E-state index in [9.17, 15) is 22.8 Å². The minimum Gasteiger partial charge on any atom is -0.298 e. The number of Topliss-reactive ketones (excluding diaryl/α,β-unsaturated/α-hetero) is 1. The number of alkyl halides is 4. The Kier molecular flexibility index (Phi) is 3.93. The molecule has 1 aromatic rings. The highest BCUT2D eigenvalue weighted by molar-refractivity contribution is 6.30. The van der Waals surface area contributed by atoms with Crippen LogP contribution in [0.2, 0.25) is 0 Å². The van der Waals surface area contributed by atoms with Crippen molar-refractivity contribution in [3.63, 3.8) is 0 Å². The van der Waals surface area contributed by atoms with E-state index in [1.807, 2.05) is 0 Å². The van der Waals surface area contributed by atoms with Crippen molar-refractivity contribution in [3.8, 4) is 0 Å². The SMILES string of the molecule is Cc1c(C=O)cc(C(F)(F)F)cc1C(=O)CCl. The van der Waals surface area contributed by atoms with Crippen LogP contribution in [0.1, 0.15) is 31.8 Å². The predicted octanol–water partition coefficient (Wildman–Crippen LogP) is 3.25. The molecule has 0 radical (unpaired) electrons. The molecule has 0 spiro atoms. The molecule has 1 aromatic carbocycles. The van der Waals surface area contributed by atoms with Gasteiger partial charge in [0.05, 0.1) is 11.4 Å². The summed E-state index contributed by atoms with van der Waals surface area (Å²) in [6.45, 7) is 1.41. The Morgan fingerprint density at radius 2 is 2.00 bits per heavy atom. The predicted molar refractivity (Wildman–Crippen MR) is 56.6 cm³/mol. The first-order chi connectivity index (χ1) is 7.81. The molecule has 0 aromatic heterocycles. The lowest BCUT2D eigenvalue weighted by Crippen LogP contribution is -2.12. The summed E-state index contributed by atoms with van der Waals surface area (Å²) in [5.74, 6) is -1.07. The number of carbonyl (C=O) groups excluding carboxylic acids is 2. The fraction of sp³-hybridized carbons (Fsp3) is 0.273. The lowest BCUT2D eigenvalue weighted by Gasteiger charge is -2.12. The maximum absolute atomic E-state index is 12.5. The van der Waals surface area contributed by atoms with Gasteiger partial charge < -0.3 is 0 Å². The van der Waals surface area contributed by atoms with Crippen LogP contribution in [0, 0.1) is 6.92 Å². The lowest BCUT2D eigenvalue weighted by molar-refractivity contribution is -0.137. The summed E-state index contributed by atoms with van der Waals surface area (Å²) in [4.78, 5) is 22.0. The van der Waals surface area contributed by atoms with Crippen LogP contribution in [-0.2, 0) is 6.18 Å². The van der Waals surface area contributed by atoms with E-state index in [0.717, 1.165) is 0 Å². The standard InChI is InChI=1S/C11H8ClF3O2/c1-6-7(5-16)2-8(11(13,14)15)3-9(6)10(17)4-12/h2-3,5H,4H2,1H3. The molecule has 0 bridgehead atoms. The van der Waals surface area contributed by atoms with Gasteiger partial charge in [-0.05, 0) is 24.6 Å². The van der Waals surface area contributed by atoms with Crippen LogP contribution < -0.4 is 0 Å². The number of benzene rings is 1. The van der Waals surface area contributed by atoms with Gasteiger partial charge in [-0.25, -0.2) is 0 Å². The van der Waals surface area contributed by atoms with Gasteiger partial charge in [-0.3, -0.25) is 9.59 Å². The highest BCUT2D eigenvalue weighted by atomic mass is 35.5. The molecule has 0 saturated heterocycles. The third kappa shape index (κ3) is 2.85. The number of hydrogen-bond acceptors (Lipinski definition) is 2. The van der Waals surface area contributed by atoms with Crippen molar-refractivity contribution in [2.24, 2.45) is 0 Å². The largest absolute Gasteiger partial charge is 0.416 e. The smallest absolute Gasteiger partial charge is 0.298 e. The molecule has 0 aliphatic carbocycles. The molecule has 0 N–H and O–H groups in total. The van der Waals surface area contributed by atoms with Gasteiger partial charge in [0.25, 0.3) is 0 Å². The topological polar surface area (TPSA) is 34.1 Å². The van der Waals surface area contributed by atoms with Crippen molar-refractivity contribution in [1.82, 2.24) is 0 Å². The van der Waals surface area contributed by atoms with Crippen molar-refractivity contribution >= 4 is 23.7 Å². The quantitative estimate of drug-likeness (QED) is 0.477. The fourth-order valence-electron chi connectivity index (χ4n) is 1.38. The number of aldehydes is 1. The van der Waals surface area contributed by atoms with Gasteiger partial charge in [-0.1, -0.05) is 0 Å². The van der Waals surface area contributed by atoms with Crippen LogP contribution >= 0.6 is 11.6 Å². The van der Waals surface area contributed by atoms with E-state index in [1.54, 1.807) is 0 Å². The molecule has 0 fully saturated rings. The third-order valence-corrected chi connectivity index (χ3v) is 2.57. The van der Waals surface area contributed by atoms with Crippen LogP contribution in [0.25, 0.3) is 0 Å². The lowest BCUT2D eigenvalue weighted by atomic mass is 9.97. The van der Waals surface area contributed by atoms with Crippen molar-refractivity contribution in [3.05, 3.63) is 34.4 Å². The average Bonchev–Trinajstić information content (AvgIpc) is 2.26. The summed E-state index contributed by atoms with van der Waals surface area (Å²) in [5, 5.41) is 0. The zero-order valence-electron chi connectivity index (χ0n) is 8.77. The molecule has 0 unspecified atom stereocenters. The van der Waals surface area contributed by atoms with Gasteiger partial charge in [0.15, 0.2) is 5.78 Å². The molecule has 0 heterocycles. The van der Waals surface area contributed by atoms with Gasteiger partial charge >= 0.3 is 6.18 Å². The zero-order chi connectivity index (χ0) is 13.2. The van der Waals surface area contributed by atoms with E-state index in [-0.39, 0.29) is 23.0 Å². The molecule has 17 heavy (non-hydrogen) atoms. The summed E-state index contributed by atoms with van der Waals surface area (Å²) in [6.07, 6.45) is -4.32. The Balaban J connectivity index is 3.49. The molecule has 6 heteroatoms. The second kappa shape index (κ2) is 4.87. The van der Waals surface area contributed by atoms with E-state index < -0.39 is 23.4 Å². The monoisotopic (exact) mass is 264 g/mol. The van der Waals surface area contributed by atoms with E-state index >= 15 is 0 Å².